The van der Waals surface area contributed by atoms with Crippen molar-refractivity contribution in [3.05, 3.63) is 74.8 Å². The number of aliphatic imine (C=N–C) groups is 1. The van der Waals surface area contributed by atoms with E-state index in [0.29, 0.717) is 47.4 Å². The van der Waals surface area contributed by atoms with Gasteiger partial charge in [0.2, 0.25) is 0 Å². The molecule has 2 atom stereocenters. The number of carbonyl (C=O) groups excluding carboxylic acids is 2. The van der Waals surface area contributed by atoms with Gasteiger partial charge in [0, 0.05) is 46.9 Å². The van der Waals surface area contributed by atoms with E-state index in [1.807, 2.05) is 6.07 Å². The number of ketones is 2. The largest absolute Gasteiger partial charge is 0.872 e. The molecule has 0 N–H and O–H groups in total. The molecule has 2 aromatic rings. The summed E-state index contributed by atoms with van der Waals surface area (Å²) in [4.78, 5) is 41.5. The van der Waals surface area contributed by atoms with Gasteiger partial charge in [-0.1, -0.05) is 30.3 Å². The van der Waals surface area contributed by atoms with E-state index in [4.69, 9.17) is 0 Å². The molecule has 1 heterocycles. The predicted octanol–water partition coefficient (Wildman–Crippen LogP) is 3.18. The molecule has 1 saturated carbocycles. The van der Waals surface area contributed by atoms with Gasteiger partial charge in [-0.2, -0.15) is 0 Å². The monoisotopic (exact) mass is 387 g/mol. The molecule has 3 aliphatic rings. The van der Waals surface area contributed by atoms with E-state index in [-0.39, 0.29) is 22.8 Å². The predicted molar refractivity (Wildman–Crippen MR) is 103 cm³/mol. The fourth-order valence-corrected chi connectivity index (χ4v) is 4.68. The number of hydrogen-bond donors (Lipinski definition) is 0. The zero-order valence-corrected chi connectivity index (χ0v) is 15.3. The second-order valence-corrected chi connectivity index (χ2v) is 7.49. The second-order valence-electron chi connectivity index (χ2n) is 7.49. The molecule has 1 aliphatic heterocycles. The molecule has 1 fully saturated rings. The van der Waals surface area contributed by atoms with Crippen LogP contribution in [0.3, 0.4) is 0 Å². The lowest BCUT2D eigenvalue weighted by atomic mass is 9.69. The van der Waals surface area contributed by atoms with Crippen molar-refractivity contribution in [2.45, 2.75) is 25.2 Å². The van der Waals surface area contributed by atoms with Crippen molar-refractivity contribution in [1.82, 2.24) is 0 Å². The van der Waals surface area contributed by atoms with Gasteiger partial charge in [-0.05, 0) is 18.4 Å². The lowest BCUT2D eigenvalue weighted by Gasteiger charge is -2.36. The number of carbonyl (C=O) groups is 2. The number of allylic oxidation sites excluding steroid dienone is 1. The molecule has 0 spiro atoms. The van der Waals surface area contributed by atoms with E-state index in [2.05, 4.69) is 4.99 Å². The maximum atomic E-state index is 13.3. The maximum Gasteiger partial charge on any atom is 0.269 e. The molecule has 0 bridgehead atoms. The highest BCUT2D eigenvalue weighted by molar-refractivity contribution is 6.25. The van der Waals surface area contributed by atoms with Crippen LogP contribution in [-0.2, 0) is 4.79 Å². The van der Waals surface area contributed by atoms with Crippen molar-refractivity contribution < 1.29 is 19.6 Å². The van der Waals surface area contributed by atoms with Crippen LogP contribution in [0.2, 0.25) is 0 Å². The van der Waals surface area contributed by atoms with E-state index in [0.717, 1.165) is 12.1 Å². The molecule has 2 aliphatic carbocycles. The molecule has 0 amide bonds. The quantitative estimate of drug-likeness (QED) is 0.580. The van der Waals surface area contributed by atoms with Gasteiger partial charge in [-0.25, -0.2) is 0 Å². The normalized spacial score (nSPS) is 22.7. The Balaban J connectivity index is 1.78. The molecular weight excluding hydrogens is 372 g/mol. The number of nitrogens with zero attached hydrogens (tertiary/aromatic N) is 2. The van der Waals surface area contributed by atoms with Crippen LogP contribution in [0.4, 0.5) is 5.69 Å². The van der Waals surface area contributed by atoms with Gasteiger partial charge in [0.15, 0.2) is 5.78 Å². The molecule has 2 aromatic carbocycles. The molecular formula is C22H15N2O5-. The van der Waals surface area contributed by atoms with Gasteiger partial charge in [0.05, 0.1) is 16.5 Å². The van der Waals surface area contributed by atoms with Crippen LogP contribution in [0.1, 0.15) is 46.7 Å². The fourth-order valence-electron chi connectivity index (χ4n) is 4.68. The zero-order valence-electron chi connectivity index (χ0n) is 15.3. The van der Waals surface area contributed by atoms with Crippen LogP contribution in [0.25, 0.3) is 5.70 Å². The van der Waals surface area contributed by atoms with Gasteiger partial charge in [0.1, 0.15) is 5.78 Å². The van der Waals surface area contributed by atoms with Crippen LogP contribution >= 0.6 is 0 Å². The number of nitro groups is 1. The Morgan fingerprint density at radius 2 is 1.76 bits per heavy atom. The Bertz CT molecular complexity index is 1180. The van der Waals surface area contributed by atoms with Gasteiger partial charge in [0.25, 0.3) is 5.69 Å². The van der Waals surface area contributed by atoms with Crippen molar-refractivity contribution in [3.8, 4) is 5.75 Å². The van der Waals surface area contributed by atoms with Gasteiger partial charge >= 0.3 is 0 Å². The van der Waals surface area contributed by atoms with Crippen molar-refractivity contribution in [2.24, 2.45) is 10.9 Å². The smallest absolute Gasteiger partial charge is 0.269 e. The fraction of sp³-hybridized carbons (Fsp3) is 0.227. The van der Waals surface area contributed by atoms with Crippen molar-refractivity contribution in [2.75, 3.05) is 0 Å². The molecule has 7 nitrogen and oxygen atoms in total. The van der Waals surface area contributed by atoms with Crippen LogP contribution < -0.4 is 5.11 Å². The topological polar surface area (TPSA) is 113 Å². The first-order valence-corrected chi connectivity index (χ1v) is 9.41. The Kier molecular flexibility index (Phi) is 3.74. The first-order valence-electron chi connectivity index (χ1n) is 9.41. The number of fused-ring (bicyclic) bond motifs is 3. The third-order valence-corrected chi connectivity index (χ3v) is 5.93. The Morgan fingerprint density at radius 3 is 2.52 bits per heavy atom. The minimum absolute atomic E-state index is 0.0822. The number of rotatable bonds is 2. The van der Waals surface area contributed by atoms with Gasteiger partial charge in [-0.15, -0.1) is 5.75 Å². The number of benzene rings is 2. The first-order chi connectivity index (χ1) is 14.0. The summed E-state index contributed by atoms with van der Waals surface area (Å²) in [5.74, 6) is -2.35. The average Bonchev–Trinajstić information content (AvgIpc) is 2.99. The summed E-state index contributed by atoms with van der Waals surface area (Å²) in [5, 5.41) is 24.0. The van der Waals surface area contributed by atoms with E-state index in [9.17, 15) is 24.8 Å². The molecule has 144 valence electrons. The number of Topliss-reactive ketones (excluding diaryl/α,β-unsaturated/α-hetero) is 2. The molecule has 0 radical (unpaired) electrons. The molecule has 0 saturated heterocycles. The van der Waals surface area contributed by atoms with Crippen LogP contribution in [0, 0.1) is 16.0 Å². The highest BCUT2D eigenvalue weighted by Gasteiger charge is 2.47. The van der Waals surface area contributed by atoms with Crippen molar-refractivity contribution >= 4 is 28.7 Å². The third-order valence-electron chi connectivity index (χ3n) is 5.93. The standard InChI is InChI=1S/C22H16N2O5/c25-16-9-8-11(24(28)29)10-14(16)18-19-15(6-3-7-17(19)26)23-21-12-4-1-2-5-13(12)22(27)20(18)21/h1-2,4-5,8-10,18-19,25H,3,6-7H2/p-1/t18-,19?/m1/s1. The first kappa shape index (κ1) is 17.5. The summed E-state index contributed by atoms with van der Waals surface area (Å²) in [6.07, 6.45) is 1.61. The van der Waals surface area contributed by atoms with Crippen LogP contribution in [0.15, 0.2) is 53.0 Å². The third kappa shape index (κ3) is 2.47. The lowest BCUT2D eigenvalue weighted by Crippen LogP contribution is -2.38. The molecule has 0 aromatic heterocycles. The maximum absolute atomic E-state index is 13.3. The Morgan fingerprint density at radius 1 is 1.00 bits per heavy atom. The Hall–Kier alpha value is -3.61. The highest BCUT2D eigenvalue weighted by atomic mass is 16.6. The van der Waals surface area contributed by atoms with Crippen molar-refractivity contribution in [3.63, 3.8) is 0 Å². The number of nitro benzene ring substituents is 1. The summed E-state index contributed by atoms with van der Waals surface area (Å²) in [6, 6.07) is 10.5. The molecule has 29 heavy (non-hydrogen) atoms. The second kappa shape index (κ2) is 6.20. The summed E-state index contributed by atoms with van der Waals surface area (Å²) in [7, 11) is 0. The Labute approximate surface area is 165 Å². The van der Waals surface area contributed by atoms with E-state index in [1.165, 1.54) is 6.07 Å². The highest BCUT2D eigenvalue weighted by Crippen LogP contribution is 2.51. The minimum Gasteiger partial charge on any atom is -0.872 e. The molecule has 5 rings (SSSR count). The summed E-state index contributed by atoms with van der Waals surface area (Å²) < 4.78 is 0. The summed E-state index contributed by atoms with van der Waals surface area (Å²) in [6.45, 7) is 0. The van der Waals surface area contributed by atoms with E-state index < -0.39 is 22.5 Å². The number of hydrogen-bond acceptors (Lipinski definition) is 6. The molecule has 1 unspecified atom stereocenters. The SMILES string of the molecule is O=C1C2=C(N=C3CCCC(=O)C3[C@H]2c2cc([N+](=O)[O-])ccc2[O-])c2ccccc21. The van der Waals surface area contributed by atoms with Crippen LogP contribution in [0.5, 0.6) is 5.75 Å². The summed E-state index contributed by atoms with van der Waals surface area (Å²) >= 11 is 0. The zero-order chi connectivity index (χ0) is 20.3. The van der Waals surface area contributed by atoms with Crippen molar-refractivity contribution in [1.29, 1.82) is 0 Å². The summed E-state index contributed by atoms with van der Waals surface area (Å²) in [5.41, 5.74) is 2.48. The molecule has 7 heteroatoms. The lowest BCUT2D eigenvalue weighted by molar-refractivity contribution is -0.385. The van der Waals surface area contributed by atoms with Gasteiger partial charge in [-0.3, -0.25) is 24.7 Å². The van der Waals surface area contributed by atoms with E-state index >= 15 is 0 Å². The van der Waals surface area contributed by atoms with Gasteiger partial charge < -0.3 is 5.11 Å². The average molecular weight is 387 g/mol. The minimum atomic E-state index is -0.849. The number of non-ortho nitro benzene ring substituents is 1. The van der Waals surface area contributed by atoms with E-state index in [1.54, 1.807) is 18.2 Å². The van der Waals surface area contributed by atoms with Crippen LogP contribution in [-0.4, -0.2) is 22.2 Å².